The van der Waals surface area contributed by atoms with E-state index in [1.165, 1.54) is 6.42 Å². The number of benzene rings is 1. The maximum absolute atomic E-state index is 12.6. The number of hydrogen-bond acceptors (Lipinski definition) is 1. The molecule has 1 nitrogen and oxygen atoms in total. The molecule has 2 unspecified atom stereocenters. The van der Waals surface area contributed by atoms with Crippen LogP contribution in [0.2, 0.25) is 5.02 Å². The lowest BCUT2D eigenvalue weighted by atomic mass is 9.74. The van der Waals surface area contributed by atoms with Gasteiger partial charge in [-0.25, -0.2) is 0 Å². The number of hydrogen-bond donors (Lipinski definition) is 0. The molecular weight excluding hydrogens is 312 g/mol. The van der Waals surface area contributed by atoms with Crippen molar-refractivity contribution >= 4 is 33.3 Å². The van der Waals surface area contributed by atoms with E-state index in [1.807, 2.05) is 6.07 Å². The summed E-state index contributed by atoms with van der Waals surface area (Å²) in [6.07, 6.45) is 3.24. The smallest absolute Gasteiger partial charge is 0.167 e. The first-order valence-corrected chi connectivity index (χ1v) is 7.63. The normalized spacial score (nSPS) is 28.1. The van der Waals surface area contributed by atoms with Crippen molar-refractivity contribution in [3.63, 3.8) is 0 Å². The van der Waals surface area contributed by atoms with Gasteiger partial charge in [0.05, 0.1) is 0 Å². The summed E-state index contributed by atoms with van der Waals surface area (Å²) in [6, 6.07) is 5.43. The molecule has 2 rings (SSSR count). The third-order valence-electron chi connectivity index (χ3n) is 3.74. The van der Waals surface area contributed by atoms with E-state index in [0.717, 1.165) is 22.9 Å². The zero-order chi connectivity index (χ0) is 13.3. The Morgan fingerprint density at radius 1 is 1.22 bits per heavy atom. The summed E-state index contributed by atoms with van der Waals surface area (Å²) in [5, 5.41) is 0.624. The molecule has 98 valence electrons. The molecule has 0 amide bonds. The van der Waals surface area contributed by atoms with Crippen LogP contribution in [0.3, 0.4) is 0 Å². The second-order valence-corrected chi connectivity index (χ2v) is 6.89. The number of ketones is 1. The van der Waals surface area contributed by atoms with Gasteiger partial charge in [0.2, 0.25) is 0 Å². The van der Waals surface area contributed by atoms with Crippen molar-refractivity contribution in [3.8, 4) is 0 Å². The molecule has 1 aromatic carbocycles. The van der Waals surface area contributed by atoms with Gasteiger partial charge in [-0.3, -0.25) is 4.79 Å². The molecule has 0 spiro atoms. The molecule has 0 N–H and O–H groups in total. The van der Waals surface area contributed by atoms with Gasteiger partial charge in [-0.15, -0.1) is 0 Å². The average Bonchev–Trinajstić information content (AvgIpc) is 2.30. The summed E-state index contributed by atoms with van der Waals surface area (Å²) in [6.45, 7) is 4.48. The van der Waals surface area contributed by atoms with Crippen molar-refractivity contribution in [2.75, 3.05) is 0 Å². The van der Waals surface area contributed by atoms with Gasteiger partial charge in [-0.1, -0.05) is 41.4 Å². The van der Waals surface area contributed by atoms with Crippen LogP contribution in [-0.4, -0.2) is 5.78 Å². The first-order valence-electron chi connectivity index (χ1n) is 6.46. The Hall–Kier alpha value is -0.340. The van der Waals surface area contributed by atoms with Crippen LogP contribution in [0.4, 0.5) is 0 Å². The summed E-state index contributed by atoms with van der Waals surface area (Å²) in [7, 11) is 0. The largest absolute Gasteiger partial charge is 0.294 e. The Morgan fingerprint density at radius 2 is 1.83 bits per heavy atom. The standard InChI is InChI=1S/C15H18BrClO/c1-9-5-10(2)7-11(6-9)15(18)13-8-12(17)3-4-14(13)16/h3-4,8-11H,5-7H2,1-2H3. The van der Waals surface area contributed by atoms with Gasteiger partial charge < -0.3 is 0 Å². The number of Topliss-reactive ketones (excluding diaryl/α,β-unsaturated/α-hetero) is 1. The monoisotopic (exact) mass is 328 g/mol. The van der Waals surface area contributed by atoms with Crippen molar-refractivity contribution in [2.45, 2.75) is 33.1 Å². The van der Waals surface area contributed by atoms with Gasteiger partial charge in [-0.2, -0.15) is 0 Å². The van der Waals surface area contributed by atoms with Crippen LogP contribution in [0.25, 0.3) is 0 Å². The van der Waals surface area contributed by atoms with Crippen molar-refractivity contribution in [3.05, 3.63) is 33.3 Å². The first kappa shape index (κ1) is 14.1. The second-order valence-electron chi connectivity index (χ2n) is 5.60. The highest BCUT2D eigenvalue weighted by Gasteiger charge is 2.30. The summed E-state index contributed by atoms with van der Waals surface area (Å²) in [5.74, 6) is 1.67. The minimum atomic E-state index is 0.151. The predicted octanol–water partition coefficient (Wildman–Crippen LogP) is 5.36. The van der Waals surface area contributed by atoms with Crippen LogP contribution >= 0.6 is 27.5 Å². The third kappa shape index (κ3) is 3.16. The highest BCUT2D eigenvalue weighted by atomic mass is 79.9. The second kappa shape index (κ2) is 5.75. The van der Waals surface area contributed by atoms with Gasteiger partial charge in [-0.05, 0) is 49.3 Å². The number of carbonyl (C=O) groups is 1. The Balaban J connectivity index is 2.22. The summed E-state index contributed by atoms with van der Waals surface area (Å²) >= 11 is 9.43. The summed E-state index contributed by atoms with van der Waals surface area (Å²) < 4.78 is 0.850. The van der Waals surface area contributed by atoms with Gasteiger partial charge in [0.25, 0.3) is 0 Å². The Morgan fingerprint density at radius 3 is 2.44 bits per heavy atom. The van der Waals surface area contributed by atoms with E-state index in [9.17, 15) is 4.79 Å². The molecule has 0 radical (unpaired) electrons. The minimum Gasteiger partial charge on any atom is -0.294 e. The minimum absolute atomic E-state index is 0.151. The molecule has 1 fully saturated rings. The molecular formula is C15H18BrClO. The first-order chi connectivity index (χ1) is 8.47. The SMILES string of the molecule is CC1CC(C)CC(C(=O)c2cc(Cl)ccc2Br)C1. The molecule has 3 heteroatoms. The van der Waals surface area contributed by atoms with Crippen LogP contribution in [0.5, 0.6) is 0 Å². The number of rotatable bonds is 2. The van der Waals surface area contributed by atoms with Gasteiger partial charge in [0.1, 0.15) is 0 Å². The fourth-order valence-electron chi connectivity index (χ4n) is 3.07. The van der Waals surface area contributed by atoms with Gasteiger partial charge in [0.15, 0.2) is 5.78 Å². The van der Waals surface area contributed by atoms with Crippen molar-refractivity contribution in [2.24, 2.45) is 17.8 Å². The zero-order valence-electron chi connectivity index (χ0n) is 10.7. The summed E-state index contributed by atoms with van der Waals surface area (Å²) in [5.41, 5.74) is 0.730. The molecule has 1 saturated carbocycles. The molecule has 2 atom stereocenters. The van der Waals surface area contributed by atoms with E-state index < -0.39 is 0 Å². The van der Waals surface area contributed by atoms with E-state index in [0.29, 0.717) is 16.9 Å². The lowest BCUT2D eigenvalue weighted by molar-refractivity contribution is 0.0835. The fraction of sp³-hybridized carbons (Fsp3) is 0.533. The highest BCUT2D eigenvalue weighted by molar-refractivity contribution is 9.10. The number of carbonyl (C=O) groups excluding carboxylic acids is 1. The molecule has 0 saturated heterocycles. The van der Waals surface area contributed by atoms with E-state index in [1.54, 1.807) is 12.1 Å². The quantitative estimate of drug-likeness (QED) is 0.668. The third-order valence-corrected chi connectivity index (χ3v) is 4.67. The van der Waals surface area contributed by atoms with Gasteiger partial charge in [0, 0.05) is 21.0 Å². The molecule has 0 aliphatic heterocycles. The van der Waals surface area contributed by atoms with Crippen LogP contribution < -0.4 is 0 Å². The maximum atomic E-state index is 12.6. The van der Waals surface area contributed by atoms with E-state index in [-0.39, 0.29) is 11.7 Å². The van der Waals surface area contributed by atoms with Crippen LogP contribution in [0, 0.1) is 17.8 Å². The van der Waals surface area contributed by atoms with Crippen molar-refractivity contribution < 1.29 is 4.79 Å². The van der Waals surface area contributed by atoms with Crippen molar-refractivity contribution in [1.82, 2.24) is 0 Å². The molecule has 1 aliphatic rings. The van der Waals surface area contributed by atoms with E-state index >= 15 is 0 Å². The fourth-order valence-corrected chi connectivity index (χ4v) is 3.68. The highest BCUT2D eigenvalue weighted by Crippen LogP contribution is 2.36. The van der Waals surface area contributed by atoms with Crippen LogP contribution in [-0.2, 0) is 0 Å². The number of halogens is 2. The molecule has 18 heavy (non-hydrogen) atoms. The predicted molar refractivity (Wildman–Crippen MR) is 79.2 cm³/mol. The maximum Gasteiger partial charge on any atom is 0.167 e. The van der Waals surface area contributed by atoms with E-state index in [4.69, 9.17) is 11.6 Å². The van der Waals surface area contributed by atoms with E-state index in [2.05, 4.69) is 29.8 Å². The van der Waals surface area contributed by atoms with Crippen LogP contribution in [0.1, 0.15) is 43.5 Å². The lowest BCUT2D eigenvalue weighted by Crippen LogP contribution is -2.26. The average molecular weight is 330 g/mol. The lowest BCUT2D eigenvalue weighted by Gasteiger charge is -2.30. The molecule has 0 aromatic heterocycles. The Labute approximate surface area is 122 Å². The zero-order valence-corrected chi connectivity index (χ0v) is 13.1. The molecule has 0 heterocycles. The van der Waals surface area contributed by atoms with Crippen LogP contribution in [0.15, 0.2) is 22.7 Å². The van der Waals surface area contributed by atoms with Crippen molar-refractivity contribution in [1.29, 1.82) is 0 Å². The molecule has 1 aromatic rings. The molecule has 1 aliphatic carbocycles. The topological polar surface area (TPSA) is 17.1 Å². The Bertz CT molecular complexity index is 448. The summed E-state index contributed by atoms with van der Waals surface area (Å²) in [4.78, 5) is 12.6. The Kier molecular flexibility index (Phi) is 4.50. The van der Waals surface area contributed by atoms with Gasteiger partial charge >= 0.3 is 0 Å². The molecule has 0 bridgehead atoms.